The third kappa shape index (κ3) is 2.16. The van der Waals surface area contributed by atoms with Crippen molar-refractivity contribution < 1.29 is 4.39 Å². The average Bonchev–Trinajstić information content (AvgIpc) is 2.90. The van der Waals surface area contributed by atoms with Crippen LogP contribution in [0.15, 0.2) is 49.1 Å². The van der Waals surface area contributed by atoms with Gasteiger partial charge in [-0.3, -0.25) is 4.98 Å². The second-order valence-electron chi connectivity index (χ2n) is 4.52. The molecule has 0 amide bonds. The molecule has 3 rings (SSSR count). The molecule has 1 N–H and O–H groups in total. The Morgan fingerprint density at radius 2 is 2.15 bits per heavy atom. The lowest BCUT2D eigenvalue weighted by atomic mass is 10.0. The summed E-state index contributed by atoms with van der Waals surface area (Å²) in [7, 11) is 0. The van der Waals surface area contributed by atoms with E-state index in [0.29, 0.717) is 5.56 Å². The lowest BCUT2D eigenvalue weighted by molar-refractivity contribution is 0.556. The van der Waals surface area contributed by atoms with Crippen LogP contribution in [0.25, 0.3) is 5.52 Å². The minimum absolute atomic E-state index is 0.233. The van der Waals surface area contributed by atoms with E-state index in [1.807, 2.05) is 31.3 Å². The smallest absolute Gasteiger partial charge is 0.146 e. The molecule has 3 heterocycles. The van der Waals surface area contributed by atoms with Crippen molar-refractivity contribution >= 4 is 5.52 Å². The van der Waals surface area contributed by atoms with E-state index in [0.717, 1.165) is 17.6 Å². The number of rotatable bonds is 4. The van der Waals surface area contributed by atoms with Crippen molar-refractivity contribution in [3.05, 3.63) is 66.0 Å². The molecule has 1 atom stereocenters. The Hall–Kier alpha value is -2.27. The SMILES string of the molecule is CCNC(c1ccncc1F)c1cnn2ccccc12. The zero-order chi connectivity index (χ0) is 13.9. The monoisotopic (exact) mass is 270 g/mol. The number of aromatic nitrogens is 3. The lowest BCUT2D eigenvalue weighted by Crippen LogP contribution is -2.23. The predicted molar refractivity (Wildman–Crippen MR) is 74.9 cm³/mol. The topological polar surface area (TPSA) is 42.2 Å². The summed E-state index contributed by atoms with van der Waals surface area (Å²) < 4.78 is 15.8. The molecule has 4 nitrogen and oxygen atoms in total. The number of hydrogen-bond acceptors (Lipinski definition) is 3. The zero-order valence-corrected chi connectivity index (χ0v) is 11.1. The van der Waals surface area contributed by atoms with E-state index in [1.165, 1.54) is 6.20 Å². The summed E-state index contributed by atoms with van der Waals surface area (Å²) >= 11 is 0. The van der Waals surface area contributed by atoms with Gasteiger partial charge in [0.1, 0.15) is 5.82 Å². The molecule has 0 fully saturated rings. The van der Waals surface area contributed by atoms with Crippen molar-refractivity contribution in [1.82, 2.24) is 19.9 Å². The third-order valence-electron chi connectivity index (χ3n) is 3.29. The zero-order valence-electron chi connectivity index (χ0n) is 11.1. The first-order chi connectivity index (χ1) is 9.81. The molecular formula is C15H15FN4. The van der Waals surface area contributed by atoms with Crippen LogP contribution in [0.5, 0.6) is 0 Å². The number of nitrogens with one attached hydrogen (secondary N) is 1. The van der Waals surface area contributed by atoms with Gasteiger partial charge in [0.15, 0.2) is 0 Å². The van der Waals surface area contributed by atoms with Gasteiger partial charge >= 0.3 is 0 Å². The van der Waals surface area contributed by atoms with Crippen LogP contribution in [-0.2, 0) is 0 Å². The first-order valence-electron chi connectivity index (χ1n) is 6.56. The number of halogens is 1. The maximum atomic E-state index is 14.0. The van der Waals surface area contributed by atoms with Crippen LogP contribution in [0.4, 0.5) is 4.39 Å². The van der Waals surface area contributed by atoms with Crippen LogP contribution in [0.2, 0.25) is 0 Å². The Labute approximate surface area is 116 Å². The standard InChI is InChI=1S/C15H15FN4/c1-2-18-15(11-6-7-17-10-13(11)16)12-9-19-20-8-4-3-5-14(12)20/h3-10,15,18H,2H2,1H3. The summed E-state index contributed by atoms with van der Waals surface area (Å²) in [6.45, 7) is 2.73. The van der Waals surface area contributed by atoms with E-state index >= 15 is 0 Å². The van der Waals surface area contributed by atoms with Crippen molar-refractivity contribution in [3.8, 4) is 0 Å². The fraction of sp³-hybridized carbons (Fsp3) is 0.200. The van der Waals surface area contributed by atoms with Crippen molar-refractivity contribution in [2.45, 2.75) is 13.0 Å². The van der Waals surface area contributed by atoms with Crippen LogP contribution in [-0.4, -0.2) is 21.1 Å². The summed E-state index contributed by atoms with van der Waals surface area (Å²) in [6.07, 6.45) is 6.51. The van der Waals surface area contributed by atoms with Gasteiger partial charge < -0.3 is 5.32 Å². The van der Waals surface area contributed by atoms with E-state index < -0.39 is 0 Å². The van der Waals surface area contributed by atoms with Gasteiger partial charge in [-0.25, -0.2) is 8.91 Å². The predicted octanol–water partition coefficient (Wildman–Crippen LogP) is 2.57. The largest absolute Gasteiger partial charge is 0.306 e. The molecule has 0 aromatic carbocycles. The third-order valence-corrected chi connectivity index (χ3v) is 3.29. The van der Waals surface area contributed by atoms with E-state index in [2.05, 4.69) is 15.4 Å². The summed E-state index contributed by atoms with van der Waals surface area (Å²) in [5.74, 6) is -0.311. The molecule has 0 bridgehead atoms. The van der Waals surface area contributed by atoms with Gasteiger partial charge in [-0.15, -0.1) is 0 Å². The highest BCUT2D eigenvalue weighted by atomic mass is 19.1. The molecule has 0 saturated heterocycles. The van der Waals surface area contributed by atoms with Gasteiger partial charge in [0.2, 0.25) is 0 Å². The minimum Gasteiger partial charge on any atom is -0.306 e. The summed E-state index contributed by atoms with van der Waals surface area (Å²) in [5.41, 5.74) is 2.51. The van der Waals surface area contributed by atoms with E-state index in [1.54, 1.807) is 23.0 Å². The highest BCUT2D eigenvalue weighted by Crippen LogP contribution is 2.27. The maximum Gasteiger partial charge on any atom is 0.146 e. The van der Waals surface area contributed by atoms with Crippen molar-refractivity contribution in [1.29, 1.82) is 0 Å². The van der Waals surface area contributed by atoms with Crippen molar-refractivity contribution in [2.24, 2.45) is 0 Å². The fourth-order valence-electron chi connectivity index (χ4n) is 2.39. The molecule has 5 heteroatoms. The Kier molecular flexibility index (Phi) is 3.43. The van der Waals surface area contributed by atoms with E-state index in [-0.39, 0.29) is 11.9 Å². The average molecular weight is 270 g/mol. The normalized spacial score (nSPS) is 12.7. The molecule has 3 aromatic rings. The molecule has 0 aliphatic carbocycles. The van der Waals surface area contributed by atoms with E-state index in [9.17, 15) is 4.39 Å². The van der Waals surface area contributed by atoms with Crippen LogP contribution in [0.3, 0.4) is 0 Å². The fourth-order valence-corrected chi connectivity index (χ4v) is 2.39. The lowest BCUT2D eigenvalue weighted by Gasteiger charge is -2.18. The summed E-state index contributed by atoms with van der Waals surface area (Å²) in [5, 5.41) is 7.63. The first kappa shape index (κ1) is 12.7. The number of fused-ring (bicyclic) bond motifs is 1. The Morgan fingerprint density at radius 1 is 1.25 bits per heavy atom. The molecule has 0 aliphatic heterocycles. The van der Waals surface area contributed by atoms with Crippen molar-refractivity contribution in [3.63, 3.8) is 0 Å². The Bertz CT molecular complexity index is 722. The Balaban J connectivity index is 2.14. The molecule has 0 radical (unpaired) electrons. The number of pyridine rings is 2. The molecule has 3 aromatic heterocycles. The maximum absolute atomic E-state index is 14.0. The second-order valence-corrected chi connectivity index (χ2v) is 4.52. The van der Waals surface area contributed by atoms with Crippen molar-refractivity contribution in [2.75, 3.05) is 6.54 Å². The molecular weight excluding hydrogens is 255 g/mol. The molecule has 0 saturated carbocycles. The molecule has 0 spiro atoms. The summed E-state index contributed by atoms with van der Waals surface area (Å²) in [4.78, 5) is 3.81. The van der Waals surface area contributed by atoms with Gasteiger partial charge in [0.05, 0.1) is 24.0 Å². The van der Waals surface area contributed by atoms with Crippen LogP contribution >= 0.6 is 0 Å². The second kappa shape index (κ2) is 5.38. The number of hydrogen-bond donors (Lipinski definition) is 1. The molecule has 1 unspecified atom stereocenters. The van der Waals surface area contributed by atoms with Crippen LogP contribution in [0, 0.1) is 5.82 Å². The van der Waals surface area contributed by atoms with Gasteiger partial charge in [-0.1, -0.05) is 13.0 Å². The summed E-state index contributed by atoms with van der Waals surface area (Å²) in [6, 6.07) is 7.31. The van der Waals surface area contributed by atoms with Gasteiger partial charge in [-0.2, -0.15) is 5.10 Å². The van der Waals surface area contributed by atoms with Crippen LogP contribution in [0.1, 0.15) is 24.1 Å². The highest BCUT2D eigenvalue weighted by Gasteiger charge is 2.20. The van der Waals surface area contributed by atoms with E-state index in [4.69, 9.17) is 0 Å². The van der Waals surface area contributed by atoms with Gasteiger partial charge in [-0.05, 0) is 24.7 Å². The minimum atomic E-state index is -0.311. The quantitative estimate of drug-likeness (QED) is 0.792. The molecule has 102 valence electrons. The highest BCUT2D eigenvalue weighted by molar-refractivity contribution is 5.57. The van der Waals surface area contributed by atoms with Gasteiger partial charge in [0, 0.05) is 23.5 Å². The molecule has 20 heavy (non-hydrogen) atoms. The first-order valence-corrected chi connectivity index (χ1v) is 6.56. The Morgan fingerprint density at radius 3 is 2.95 bits per heavy atom. The van der Waals surface area contributed by atoms with Gasteiger partial charge in [0.25, 0.3) is 0 Å². The molecule has 0 aliphatic rings. The number of nitrogens with zero attached hydrogens (tertiary/aromatic N) is 3. The van der Waals surface area contributed by atoms with Crippen LogP contribution < -0.4 is 5.32 Å².